The molecule has 3 nitrogen and oxygen atoms in total. The Balaban J connectivity index is 2.74. The molecule has 1 unspecified atom stereocenters. The summed E-state index contributed by atoms with van der Waals surface area (Å²) >= 11 is 0. The van der Waals surface area contributed by atoms with Crippen LogP contribution >= 0.6 is 0 Å². The van der Waals surface area contributed by atoms with Gasteiger partial charge in [-0.2, -0.15) is 0 Å². The summed E-state index contributed by atoms with van der Waals surface area (Å²) in [6, 6.07) is 4.19. The van der Waals surface area contributed by atoms with Gasteiger partial charge in [0.2, 0.25) is 0 Å². The van der Waals surface area contributed by atoms with E-state index in [0.717, 1.165) is 0 Å². The molecule has 0 spiro atoms. The summed E-state index contributed by atoms with van der Waals surface area (Å²) in [7, 11) is 0. The smallest absolute Gasteiger partial charge is 0.124 e. The van der Waals surface area contributed by atoms with Crippen molar-refractivity contribution in [1.29, 1.82) is 0 Å². The molecule has 0 saturated heterocycles. The Bertz CT molecular complexity index is 353. The number of hydrogen-bond acceptors (Lipinski definition) is 3. The lowest BCUT2D eigenvalue weighted by Gasteiger charge is -2.22. The molecule has 0 heterocycles. The fourth-order valence-corrected chi connectivity index (χ4v) is 1.18. The second kappa shape index (κ2) is 5.27. The molecule has 0 aliphatic heterocycles. The number of halogens is 1. The van der Waals surface area contributed by atoms with Gasteiger partial charge in [-0.25, -0.2) is 4.39 Å². The summed E-state index contributed by atoms with van der Waals surface area (Å²) in [6.07, 6.45) is 0.589. The van der Waals surface area contributed by atoms with Crippen molar-refractivity contribution < 1.29 is 14.2 Å². The number of hydrogen-bond donors (Lipinski definition) is 2. The predicted molar refractivity (Wildman–Crippen MR) is 60.7 cm³/mol. The van der Waals surface area contributed by atoms with Crippen LogP contribution in [0.5, 0.6) is 5.75 Å². The normalized spacial score (nSPS) is 14.6. The van der Waals surface area contributed by atoms with Gasteiger partial charge in [-0.3, -0.25) is 0 Å². The van der Waals surface area contributed by atoms with E-state index in [4.69, 9.17) is 10.5 Å². The first-order valence-electron chi connectivity index (χ1n) is 5.32. The number of nitrogens with two attached hydrogens (primary N) is 1. The summed E-state index contributed by atoms with van der Waals surface area (Å²) in [5.74, 6) is 0.188. The Morgan fingerprint density at radius 2 is 2.19 bits per heavy atom. The lowest BCUT2D eigenvalue weighted by Crippen LogP contribution is -2.31. The summed E-state index contributed by atoms with van der Waals surface area (Å²) < 4.78 is 18.4. The van der Waals surface area contributed by atoms with Crippen LogP contribution in [-0.4, -0.2) is 17.3 Å². The van der Waals surface area contributed by atoms with Gasteiger partial charge in [-0.05, 0) is 31.5 Å². The van der Waals surface area contributed by atoms with Gasteiger partial charge in [0.05, 0.1) is 5.60 Å². The Hall–Kier alpha value is -1.13. The predicted octanol–water partition coefficient (Wildman–Crippen LogP) is 1.82. The maximum Gasteiger partial charge on any atom is 0.124 e. The average molecular weight is 227 g/mol. The molecule has 1 aromatic carbocycles. The van der Waals surface area contributed by atoms with Crippen LogP contribution in [0.3, 0.4) is 0 Å². The van der Waals surface area contributed by atoms with Crippen LogP contribution in [0.4, 0.5) is 4.39 Å². The average Bonchev–Trinajstić information content (AvgIpc) is 2.27. The van der Waals surface area contributed by atoms with E-state index in [1.54, 1.807) is 6.92 Å². The summed E-state index contributed by atoms with van der Waals surface area (Å²) in [5, 5.41) is 9.77. The standard InChI is InChI=1S/C12H18FNO2/c1-3-12(2,15)8-16-11-5-4-10(13)6-9(11)7-14/h4-6,15H,3,7-8,14H2,1-2H3. The van der Waals surface area contributed by atoms with Crippen LogP contribution in [0.25, 0.3) is 0 Å². The number of rotatable bonds is 5. The molecule has 0 fully saturated rings. The molecule has 0 bridgehead atoms. The van der Waals surface area contributed by atoms with E-state index in [1.807, 2.05) is 6.92 Å². The monoisotopic (exact) mass is 227 g/mol. The van der Waals surface area contributed by atoms with Gasteiger partial charge < -0.3 is 15.6 Å². The number of ether oxygens (including phenoxy) is 1. The second-order valence-corrected chi connectivity index (χ2v) is 4.10. The maximum absolute atomic E-state index is 12.9. The van der Waals surface area contributed by atoms with Crippen molar-refractivity contribution in [2.45, 2.75) is 32.4 Å². The summed E-state index contributed by atoms with van der Waals surface area (Å²) in [4.78, 5) is 0. The molecule has 0 aliphatic rings. The topological polar surface area (TPSA) is 55.5 Å². The molecule has 0 saturated carbocycles. The van der Waals surface area contributed by atoms with Crippen molar-refractivity contribution in [2.75, 3.05) is 6.61 Å². The molecule has 0 aliphatic carbocycles. The van der Waals surface area contributed by atoms with E-state index in [2.05, 4.69) is 0 Å². The molecule has 0 aromatic heterocycles. The molecule has 0 amide bonds. The largest absolute Gasteiger partial charge is 0.490 e. The SMILES string of the molecule is CCC(C)(O)COc1ccc(F)cc1CN. The van der Waals surface area contributed by atoms with Gasteiger partial charge in [0.1, 0.15) is 18.2 Å². The molecule has 4 heteroatoms. The third-order valence-corrected chi connectivity index (χ3v) is 2.54. The van der Waals surface area contributed by atoms with Gasteiger partial charge in [0.15, 0.2) is 0 Å². The zero-order chi connectivity index (χ0) is 12.2. The van der Waals surface area contributed by atoms with Gasteiger partial charge in [-0.1, -0.05) is 6.92 Å². The van der Waals surface area contributed by atoms with Crippen molar-refractivity contribution in [2.24, 2.45) is 5.73 Å². The van der Waals surface area contributed by atoms with Crippen molar-refractivity contribution in [1.82, 2.24) is 0 Å². The zero-order valence-electron chi connectivity index (χ0n) is 9.66. The number of aliphatic hydroxyl groups is 1. The van der Waals surface area contributed by atoms with Crippen molar-refractivity contribution in [3.63, 3.8) is 0 Å². The van der Waals surface area contributed by atoms with Gasteiger partial charge in [0, 0.05) is 12.1 Å². The minimum absolute atomic E-state index is 0.169. The Morgan fingerprint density at radius 1 is 1.50 bits per heavy atom. The lowest BCUT2D eigenvalue weighted by atomic mass is 10.1. The van der Waals surface area contributed by atoms with Gasteiger partial charge >= 0.3 is 0 Å². The Morgan fingerprint density at radius 3 is 2.75 bits per heavy atom. The third-order valence-electron chi connectivity index (χ3n) is 2.54. The first-order valence-corrected chi connectivity index (χ1v) is 5.32. The zero-order valence-corrected chi connectivity index (χ0v) is 9.66. The van der Waals surface area contributed by atoms with Crippen molar-refractivity contribution >= 4 is 0 Å². The van der Waals surface area contributed by atoms with Crippen LogP contribution in [-0.2, 0) is 6.54 Å². The fourth-order valence-electron chi connectivity index (χ4n) is 1.18. The quantitative estimate of drug-likeness (QED) is 0.806. The van der Waals surface area contributed by atoms with E-state index in [1.165, 1.54) is 18.2 Å². The van der Waals surface area contributed by atoms with Gasteiger partial charge in [0.25, 0.3) is 0 Å². The summed E-state index contributed by atoms with van der Waals surface area (Å²) in [5.41, 5.74) is 5.21. The molecule has 16 heavy (non-hydrogen) atoms. The first-order chi connectivity index (χ1) is 7.48. The Kier molecular flexibility index (Phi) is 4.26. The molecule has 0 radical (unpaired) electrons. The van der Waals surface area contributed by atoms with E-state index < -0.39 is 5.60 Å². The minimum atomic E-state index is -0.875. The third kappa shape index (κ3) is 3.47. The molecule has 1 rings (SSSR count). The Labute approximate surface area is 95.0 Å². The highest BCUT2D eigenvalue weighted by Gasteiger charge is 2.19. The molecular weight excluding hydrogens is 209 g/mol. The molecule has 3 N–H and O–H groups in total. The van der Waals surface area contributed by atoms with Crippen LogP contribution < -0.4 is 10.5 Å². The van der Waals surface area contributed by atoms with Crippen LogP contribution in [0.2, 0.25) is 0 Å². The van der Waals surface area contributed by atoms with Crippen molar-refractivity contribution in [3.05, 3.63) is 29.6 Å². The highest BCUT2D eigenvalue weighted by molar-refractivity contribution is 5.33. The fraction of sp³-hybridized carbons (Fsp3) is 0.500. The van der Waals surface area contributed by atoms with Crippen LogP contribution in [0.1, 0.15) is 25.8 Å². The van der Waals surface area contributed by atoms with E-state index >= 15 is 0 Å². The van der Waals surface area contributed by atoms with Crippen molar-refractivity contribution in [3.8, 4) is 5.75 Å². The first kappa shape index (κ1) is 12.9. The molecule has 90 valence electrons. The van der Waals surface area contributed by atoms with Crippen LogP contribution in [0.15, 0.2) is 18.2 Å². The molecular formula is C12H18FNO2. The highest BCUT2D eigenvalue weighted by Crippen LogP contribution is 2.21. The molecule has 1 aromatic rings. The van der Waals surface area contributed by atoms with E-state index in [0.29, 0.717) is 17.7 Å². The molecule has 1 atom stereocenters. The van der Waals surface area contributed by atoms with E-state index in [9.17, 15) is 9.50 Å². The minimum Gasteiger partial charge on any atom is -0.490 e. The van der Waals surface area contributed by atoms with Gasteiger partial charge in [-0.15, -0.1) is 0 Å². The van der Waals surface area contributed by atoms with E-state index in [-0.39, 0.29) is 19.0 Å². The highest BCUT2D eigenvalue weighted by atomic mass is 19.1. The summed E-state index contributed by atoms with van der Waals surface area (Å²) in [6.45, 7) is 3.94. The van der Waals surface area contributed by atoms with Crippen LogP contribution in [0, 0.1) is 5.82 Å². The lowest BCUT2D eigenvalue weighted by molar-refractivity contribution is 0.00817. The maximum atomic E-state index is 12.9. The number of benzene rings is 1. The second-order valence-electron chi connectivity index (χ2n) is 4.10.